The lowest BCUT2D eigenvalue weighted by Crippen LogP contribution is -2.24. The molecule has 0 amide bonds. The average Bonchev–Trinajstić information content (AvgIpc) is 2.93. The lowest BCUT2D eigenvalue weighted by molar-refractivity contribution is 0.00752. The van der Waals surface area contributed by atoms with E-state index in [1.807, 2.05) is 10.9 Å². The molecule has 1 N–H and O–H groups in total. The minimum absolute atomic E-state index is 0.453. The van der Waals surface area contributed by atoms with Crippen LogP contribution in [-0.4, -0.2) is 33.7 Å². The average molecular weight is 294 g/mol. The number of aromatic nitrogens is 3. The Kier molecular flexibility index (Phi) is 6.64. The molecule has 0 radical (unpaired) electrons. The van der Waals surface area contributed by atoms with E-state index in [0.717, 1.165) is 31.3 Å². The molecule has 1 heterocycles. The molecule has 0 spiro atoms. The van der Waals surface area contributed by atoms with Crippen LogP contribution in [-0.2, 0) is 17.8 Å². The van der Waals surface area contributed by atoms with Crippen LogP contribution in [0.15, 0.2) is 6.20 Å². The summed E-state index contributed by atoms with van der Waals surface area (Å²) in [5.74, 6) is 0.865. The highest BCUT2D eigenvalue weighted by Crippen LogP contribution is 2.28. The summed E-state index contributed by atoms with van der Waals surface area (Å²) < 4.78 is 7.91. The van der Waals surface area contributed by atoms with Crippen molar-refractivity contribution in [3.63, 3.8) is 0 Å². The summed E-state index contributed by atoms with van der Waals surface area (Å²) in [5.41, 5.74) is 0.993. The van der Waals surface area contributed by atoms with Crippen molar-refractivity contribution < 1.29 is 4.74 Å². The van der Waals surface area contributed by atoms with E-state index in [1.54, 1.807) is 0 Å². The molecular weight excluding hydrogens is 264 g/mol. The summed E-state index contributed by atoms with van der Waals surface area (Å²) in [6, 6.07) is 0.469. The number of rotatable bonds is 8. The van der Waals surface area contributed by atoms with Gasteiger partial charge in [-0.05, 0) is 18.8 Å². The third-order valence-corrected chi connectivity index (χ3v) is 4.26. The van der Waals surface area contributed by atoms with E-state index in [4.69, 9.17) is 4.74 Å². The van der Waals surface area contributed by atoms with E-state index in [2.05, 4.69) is 36.4 Å². The zero-order valence-corrected chi connectivity index (χ0v) is 13.7. The van der Waals surface area contributed by atoms with Crippen LogP contribution in [0.3, 0.4) is 0 Å². The van der Waals surface area contributed by atoms with Gasteiger partial charge in [-0.25, -0.2) is 4.68 Å². The predicted molar refractivity (Wildman–Crippen MR) is 84.0 cm³/mol. The summed E-state index contributed by atoms with van der Waals surface area (Å²) in [6.45, 7) is 8.86. The van der Waals surface area contributed by atoms with Gasteiger partial charge in [-0.15, -0.1) is 5.10 Å². The van der Waals surface area contributed by atoms with Gasteiger partial charge in [0.05, 0.1) is 24.9 Å². The number of nitrogens with one attached hydrogen (secondary N) is 1. The Morgan fingerprint density at radius 3 is 3.05 bits per heavy atom. The Balaban J connectivity index is 1.66. The van der Waals surface area contributed by atoms with E-state index in [-0.39, 0.29) is 0 Å². The Labute approximate surface area is 128 Å². The van der Waals surface area contributed by atoms with Gasteiger partial charge in [0.1, 0.15) is 0 Å². The number of ether oxygens (including phenoxy) is 1. The first-order valence-electron chi connectivity index (χ1n) is 8.41. The fraction of sp³-hybridized carbons (Fsp3) is 0.875. The number of nitrogens with zero attached hydrogens (tertiary/aromatic N) is 3. The fourth-order valence-corrected chi connectivity index (χ4v) is 2.91. The largest absolute Gasteiger partial charge is 0.376 e. The molecule has 2 rings (SSSR count). The summed E-state index contributed by atoms with van der Waals surface area (Å²) >= 11 is 0. The quantitative estimate of drug-likeness (QED) is 0.801. The highest BCUT2D eigenvalue weighted by molar-refractivity contribution is 4.91. The van der Waals surface area contributed by atoms with Crippen LogP contribution in [0.4, 0.5) is 0 Å². The maximum Gasteiger partial charge on any atom is 0.0964 e. The topological polar surface area (TPSA) is 52.0 Å². The minimum Gasteiger partial charge on any atom is -0.376 e. The molecule has 0 aliphatic heterocycles. The second-order valence-corrected chi connectivity index (χ2v) is 6.44. The minimum atomic E-state index is 0.453. The van der Waals surface area contributed by atoms with Gasteiger partial charge in [0, 0.05) is 18.8 Å². The SMILES string of the molecule is CCC1CCCC(OCCn2cc(CNC(C)C)nn2)C1. The van der Waals surface area contributed by atoms with Crippen molar-refractivity contribution in [2.75, 3.05) is 6.61 Å². The van der Waals surface area contributed by atoms with Gasteiger partial charge in [-0.2, -0.15) is 0 Å². The van der Waals surface area contributed by atoms with E-state index in [0.29, 0.717) is 12.1 Å². The van der Waals surface area contributed by atoms with Crippen LogP contribution in [0.1, 0.15) is 58.6 Å². The van der Waals surface area contributed by atoms with Crippen LogP contribution in [0.5, 0.6) is 0 Å². The van der Waals surface area contributed by atoms with Crippen LogP contribution in [0.2, 0.25) is 0 Å². The number of hydrogen-bond acceptors (Lipinski definition) is 4. The van der Waals surface area contributed by atoms with Crippen molar-refractivity contribution in [3.05, 3.63) is 11.9 Å². The number of hydrogen-bond donors (Lipinski definition) is 1. The molecule has 1 saturated carbocycles. The van der Waals surface area contributed by atoms with Crippen molar-refractivity contribution in [3.8, 4) is 0 Å². The Hall–Kier alpha value is -0.940. The fourth-order valence-electron chi connectivity index (χ4n) is 2.91. The first-order valence-corrected chi connectivity index (χ1v) is 8.41. The molecule has 5 heteroatoms. The van der Waals surface area contributed by atoms with Gasteiger partial charge in [-0.3, -0.25) is 0 Å². The van der Waals surface area contributed by atoms with Gasteiger partial charge >= 0.3 is 0 Å². The molecule has 21 heavy (non-hydrogen) atoms. The highest BCUT2D eigenvalue weighted by atomic mass is 16.5. The zero-order valence-electron chi connectivity index (χ0n) is 13.7. The third kappa shape index (κ3) is 5.75. The maximum absolute atomic E-state index is 6.02. The molecule has 120 valence electrons. The van der Waals surface area contributed by atoms with E-state index >= 15 is 0 Å². The van der Waals surface area contributed by atoms with Gasteiger partial charge in [-0.1, -0.05) is 45.2 Å². The lowest BCUT2D eigenvalue weighted by atomic mass is 9.85. The van der Waals surface area contributed by atoms with Crippen molar-refractivity contribution in [1.82, 2.24) is 20.3 Å². The molecule has 1 aromatic heterocycles. The first kappa shape index (κ1) is 16.4. The summed E-state index contributed by atoms with van der Waals surface area (Å²) in [7, 11) is 0. The third-order valence-electron chi connectivity index (χ3n) is 4.26. The summed E-state index contributed by atoms with van der Waals surface area (Å²) in [4.78, 5) is 0. The van der Waals surface area contributed by atoms with Crippen LogP contribution in [0, 0.1) is 5.92 Å². The Bertz CT molecular complexity index is 405. The van der Waals surface area contributed by atoms with Crippen molar-refractivity contribution in [2.45, 2.75) is 78.1 Å². The Morgan fingerprint density at radius 1 is 1.43 bits per heavy atom. The molecule has 5 nitrogen and oxygen atoms in total. The molecule has 2 unspecified atom stereocenters. The molecule has 1 aliphatic carbocycles. The van der Waals surface area contributed by atoms with E-state index in [9.17, 15) is 0 Å². The highest BCUT2D eigenvalue weighted by Gasteiger charge is 2.20. The molecule has 0 bridgehead atoms. The molecular formula is C16H30N4O. The monoisotopic (exact) mass is 294 g/mol. The molecule has 1 fully saturated rings. The van der Waals surface area contributed by atoms with Crippen molar-refractivity contribution in [2.24, 2.45) is 5.92 Å². The van der Waals surface area contributed by atoms with Crippen LogP contribution >= 0.6 is 0 Å². The normalized spacial score (nSPS) is 22.9. The molecule has 1 aromatic rings. The predicted octanol–water partition coefficient (Wildman–Crippen LogP) is 2.76. The van der Waals surface area contributed by atoms with Gasteiger partial charge in [0.2, 0.25) is 0 Å². The smallest absolute Gasteiger partial charge is 0.0964 e. The van der Waals surface area contributed by atoms with Gasteiger partial charge in [0.15, 0.2) is 0 Å². The standard InChI is InChI=1S/C16H30N4O/c1-4-14-6-5-7-16(10-14)21-9-8-20-12-15(18-19-20)11-17-13(2)3/h12-14,16-17H,4-11H2,1-3H3. The second kappa shape index (κ2) is 8.49. The van der Waals surface area contributed by atoms with Crippen molar-refractivity contribution in [1.29, 1.82) is 0 Å². The van der Waals surface area contributed by atoms with Crippen LogP contribution < -0.4 is 5.32 Å². The van der Waals surface area contributed by atoms with E-state index < -0.39 is 0 Å². The van der Waals surface area contributed by atoms with Crippen LogP contribution in [0.25, 0.3) is 0 Å². The molecule has 0 aromatic carbocycles. The Morgan fingerprint density at radius 2 is 2.29 bits per heavy atom. The molecule has 1 aliphatic rings. The zero-order chi connectivity index (χ0) is 15.1. The van der Waals surface area contributed by atoms with Gasteiger partial charge < -0.3 is 10.1 Å². The summed E-state index contributed by atoms with van der Waals surface area (Å²) in [6.07, 6.45) is 8.90. The molecule has 0 saturated heterocycles. The van der Waals surface area contributed by atoms with Gasteiger partial charge in [0.25, 0.3) is 0 Å². The lowest BCUT2D eigenvalue weighted by Gasteiger charge is -2.28. The van der Waals surface area contributed by atoms with Crippen molar-refractivity contribution >= 4 is 0 Å². The second-order valence-electron chi connectivity index (χ2n) is 6.44. The maximum atomic E-state index is 6.02. The summed E-state index contributed by atoms with van der Waals surface area (Å²) in [5, 5.41) is 11.7. The first-order chi connectivity index (χ1) is 10.2. The molecule has 2 atom stereocenters. The van der Waals surface area contributed by atoms with E-state index in [1.165, 1.54) is 32.1 Å².